The number of carbonyl (C=O) groups excluding carboxylic acids is 1. The van der Waals surface area contributed by atoms with Gasteiger partial charge in [0.05, 0.1) is 6.61 Å². The topological polar surface area (TPSA) is 52.6 Å². The minimum atomic E-state index is -0.240. The molecule has 1 aromatic carbocycles. The van der Waals surface area contributed by atoms with Crippen molar-refractivity contribution in [1.82, 2.24) is 10.2 Å². The van der Waals surface area contributed by atoms with E-state index in [1.165, 1.54) is 6.07 Å². The van der Waals surface area contributed by atoms with Crippen LogP contribution in [0.25, 0.3) is 0 Å². The quantitative estimate of drug-likeness (QED) is 0.836. The Bertz CT molecular complexity index is 475. The Morgan fingerprint density at radius 3 is 2.80 bits per heavy atom. The summed E-state index contributed by atoms with van der Waals surface area (Å²) in [6.45, 7) is 3.22. The number of nitrogens with zero attached hydrogens (tertiary/aromatic N) is 1. The van der Waals surface area contributed by atoms with Gasteiger partial charge in [0.1, 0.15) is 5.82 Å². The number of rotatable bonds is 6. The summed E-state index contributed by atoms with van der Waals surface area (Å²) in [6, 6.07) is 6.41. The first-order chi connectivity index (χ1) is 9.61. The molecule has 2 rings (SSSR count). The molecule has 2 amide bonds. The highest BCUT2D eigenvalue weighted by Gasteiger charge is 2.44. The van der Waals surface area contributed by atoms with Gasteiger partial charge < -0.3 is 15.3 Å². The summed E-state index contributed by atoms with van der Waals surface area (Å²) in [4.78, 5) is 13.5. The van der Waals surface area contributed by atoms with E-state index < -0.39 is 0 Å². The Morgan fingerprint density at radius 2 is 2.25 bits per heavy atom. The molecule has 5 heteroatoms. The van der Waals surface area contributed by atoms with Crippen molar-refractivity contribution in [2.45, 2.75) is 25.2 Å². The maximum Gasteiger partial charge on any atom is 0.317 e. The van der Waals surface area contributed by atoms with Gasteiger partial charge >= 0.3 is 6.03 Å². The van der Waals surface area contributed by atoms with E-state index >= 15 is 0 Å². The molecule has 0 radical (unpaired) electrons. The van der Waals surface area contributed by atoms with Gasteiger partial charge in [0.25, 0.3) is 0 Å². The summed E-state index contributed by atoms with van der Waals surface area (Å²) in [6.07, 6.45) is 1.92. The molecule has 1 fully saturated rings. The van der Waals surface area contributed by atoms with Gasteiger partial charge in [-0.1, -0.05) is 12.1 Å². The smallest absolute Gasteiger partial charge is 0.317 e. The molecule has 4 nitrogen and oxygen atoms in total. The fourth-order valence-corrected chi connectivity index (χ4v) is 2.42. The van der Waals surface area contributed by atoms with Crippen LogP contribution >= 0.6 is 0 Å². The van der Waals surface area contributed by atoms with Crippen molar-refractivity contribution < 1.29 is 14.3 Å². The number of carbonyl (C=O) groups is 1. The van der Waals surface area contributed by atoms with Gasteiger partial charge in [-0.3, -0.25) is 0 Å². The summed E-state index contributed by atoms with van der Waals surface area (Å²) in [5, 5.41) is 11.8. The van der Waals surface area contributed by atoms with Gasteiger partial charge in [0.2, 0.25) is 0 Å². The van der Waals surface area contributed by atoms with E-state index in [1.807, 2.05) is 13.0 Å². The molecule has 1 aliphatic carbocycles. The molecule has 0 bridgehead atoms. The maximum atomic E-state index is 13.3. The number of amides is 2. The van der Waals surface area contributed by atoms with Gasteiger partial charge in [0.15, 0.2) is 0 Å². The highest BCUT2D eigenvalue weighted by molar-refractivity contribution is 5.74. The summed E-state index contributed by atoms with van der Waals surface area (Å²) < 4.78 is 13.3. The van der Waals surface area contributed by atoms with E-state index in [4.69, 9.17) is 5.11 Å². The minimum absolute atomic E-state index is 0.0453. The van der Waals surface area contributed by atoms with Crippen molar-refractivity contribution >= 4 is 6.03 Å². The van der Waals surface area contributed by atoms with Crippen molar-refractivity contribution in [2.24, 2.45) is 0 Å². The second-order valence-electron chi connectivity index (χ2n) is 5.25. The van der Waals surface area contributed by atoms with Crippen LogP contribution in [0.1, 0.15) is 25.3 Å². The van der Waals surface area contributed by atoms with E-state index in [2.05, 4.69) is 5.32 Å². The van der Waals surface area contributed by atoms with Crippen LogP contribution in [0.15, 0.2) is 24.3 Å². The molecule has 0 aliphatic heterocycles. The second kappa shape index (κ2) is 6.22. The van der Waals surface area contributed by atoms with E-state index in [-0.39, 0.29) is 23.9 Å². The normalized spacial score (nSPS) is 15.8. The fourth-order valence-electron chi connectivity index (χ4n) is 2.42. The first kappa shape index (κ1) is 14.8. The molecule has 0 aromatic heterocycles. The lowest BCUT2D eigenvalue weighted by Crippen LogP contribution is -2.44. The van der Waals surface area contributed by atoms with Crippen LogP contribution in [0.3, 0.4) is 0 Å². The molecule has 0 unspecified atom stereocenters. The molecular weight excluding hydrogens is 259 g/mol. The number of aliphatic hydroxyl groups excluding tert-OH is 1. The highest BCUT2D eigenvalue weighted by atomic mass is 19.1. The molecule has 1 aliphatic rings. The number of urea groups is 1. The largest absolute Gasteiger partial charge is 0.395 e. The third-order valence-corrected chi connectivity index (χ3v) is 3.91. The van der Waals surface area contributed by atoms with E-state index in [9.17, 15) is 9.18 Å². The van der Waals surface area contributed by atoms with Crippen LogP contribution in [0.5, 0.6) is 0 Å². The molecule has 0 spiro atoms. The van der Waals surface area contributed by atoms with Gasteiger partial charge in [-0.15, -0.1) is 0 Å². The number of hydrogen-bond donors (Lipinski definition) is 2. The van der Waals surface area contributed by atoms with Gasteiger partial charge in [0, 0.05) is 25.0 Å². The number of likely N-dealkylation sites (N-methyl/N-ethyl adjacent to an activating group) is 1. The maximum absolute atomic E-state index is 13.3. The highest BCUT2D eigenvalue weighted by Crippen LogP contribution is 2.47. The van der Waals surface area contributed by atoms with Crippen molar-refractivity contribution in [3.63, 3.8) is 0 Å². The van der Waals surface area contributed by atoms with Crippen molar-refractivity contribution in [3.8, 4) is 0 Å². The van der Waals surface area contributed by atoms with Crippen LogP contribution < -0.4 is 5.32 Å². The number of nitrogens with one attached hydrogen (secondary N) is 1. The zero-order valence-corrected chi connectivity index (χ0v) is 11.7. The average molecular weight is 280 g/mol. The number of benzene rings is 1. The fraction of sp³-hybridized carbons (Fsp3) is 0.533. The monoisotopic (exact) mass is 280 g/mol. The summed E-state index contributed by atoms with van der Waals surface area (Å²) in [5.41, 5.74) is 0.833. The Morgan fingerprint density at radius 1 is 1.50 bits per heavy atom. The van der Waals surface area contributed by atoms with Gasteiger partial charge in [-0.25, -0.2) is 9.18 Å². The molecule has 1 aromatic rings. The first-order valence-electron chi connectivity index (χ1n) is 7.01. The van der Waals surface area contributed by atoms with Crippen molar-refractivity contribution in [2.75, 3.05) is 26.2 Å². The summed E-state index contributed by atoms with van der Waals surface area (Å²) in [7, 11) is 0. The van der Waals surface area contributed by atoms with Crippen LogP contribution in [-0.2, 0) is 5.41 Å². The average Bonchev–Trinajstić information content (AvgIpc) is 3.23. The third kappa shape index (κ3) is 3.28. The van der Waals surface area contributed by atoms with Crippen LogP contribution in [0, 0.1) is 5.82 Å². The standard InChI is InChI=1S/C15H21FN2O2/c1-2-18(8-9-19)14(20)17-11-15(6-7-15)12-4-3-5-13(16)10-12/h3-5,10,19H,2,6-9,11H2,1H3,(H,17,20). The predicted molar refractivity (Wildman–Crippen MR) is 75.0 cm³/mol. The van der Waals surface area contributed by atoms with Crippen LogP contribution in [0.4, 0.5) is 9.18 Å². The van der Waals surface area contributed by atoms with E-state index in [0.29, 0.717) is 19.6 Å². The molecule has 1 saturated carbocycles. The summed E-state index contributed by atoms with van der Waals surface area (Å²) in [5.74, 6) is -0.240. The van der Waals surface area contributed by atoms with Crippen molar-refractivity contribution in [3.05, 3.63) is 35.6 Å². The molecule has 0 saturated heterocycles. The molecule has 2 N–H and O–H groups in total. The second-order valence-corrected chi connectivity index (χ2v) is 5.25. The Kier molecular flexibility index (Phi) is 4.60. The number of aliphatic hydroxyl groups is 1. The van der Waals surface area contributed by atoms with E-state index in [1.54, 1.807) is 17.0 Å². The first-order valence-corrected chi connectivity index (χ1v) is 7.01. The van der Waals surface area contributed by atoms with Crippen LogP contribution in [0.2, 0.25) is 0 Å². The Balaban J connectivity index is 1.95. The Hall–Kier alpha value is -1.62. The predicted octanol–water partition coefficient (Wildman–Crippen LogP) is 1.88. The lowest BCUT2D eigenvalue weighted by molar-refractivity contribution is 0.179. The zero-order chi connectivity index (χ0) is 14.6. The molecule has 110 valence electrons. The SMILES string of the molecule is CCN(CCO)C(=O)NCC1(c2cccc(F)c2)CC1. The molecule has 0 heterocycles. The summed E-state index contributed by atoms with van der Waals surface area (Å²) >= 11 is 0. The molecule has 20 heavy (non-hydrogen) atoms. The minimum Gasteiger partial charge on any atom is -0.395 e. The third-order valence-electron chi connectivity index (χ3n) is 3.91. The molecular formula is C15H21FN2O2. The van der Waals surface area contributed by atoms with Crippen molar-refractivity contribution in [1.29, 1.82) is 0 Å². The van der Waals surface area contributed by atoms with Crippen LogP contribution in [-0.4, -0.2) is 42.3 Å². The number of halogens is 1. The Labute approximate surface area is 118 Å². The van der Waals surface area contributed by atoms with Gasteiger partial charge in [-0.05, 0) is 37.5 Å². The number of hydrogen-bond acceptors (Lipinski definition) is 2. The zero-order valence-electron chi connectivity index (χ0n) is 11.7. The van der Waals surface area contributed by atoms with E-state index in [0.717, 1.165) is 18.4 Å². The van der Waals surface area contributed by atoms with Gasteiger partial charge in [-0.2, -0.15) is 0 Å². The lowest BCUT2D eigenvalue weighted by Gasteiger charge is -2.23. The molecule has 0 atom stereocenters. The lowest BCUT2D eigenvalue weighted by atomic mass is 9.96.